The second-order valence-electron chi connectivity index (χ2n) is 3.80. The molecule has 1 heterocycles. The highest BCUT2D eigenvalue weighted by Crippen LogP contribution is 2.20. The van der Waals surface area contributed by atoms with E-state index in [1.807, 2.05) is 4.81 Å². The van der Waals surface area contributed by atoms with Gasteiger partial charge in [0.2, 0.25) is 0 Å². The lowest BCUT2D eigenvalue weighted by Crippen LogP contribution is -2.48. The second-order valence-corrected chi connectivity index (χ2v) is 3.80. The molecule has 1 fully saturated rings. The Morgan fingerprint density at radius 2 is 2.36 bits per heavy atom. The fourth-order valence-electron chi connectivity index (χ4n) is 2.01. The fourth-order valence-corrected chi connectivity index (χ4v) is 2.01. The Bertz CT molecular complexity index is 198. The molecule has 14 heavy (non-hydrogen) atoms. The molecule has 1 aliphatic rings. The summed E-state index contributed by atoms with van der Waals surface area (Å²) >= 11 is 0. The molecule has 1 unspecified atom stereocenters. The van der Waals surface area contributed by atoms with Gasteiger partial charge < -0.3 is 14.6 Å². The van der Waals surface area contributed by atoms with Crippen LogP contribution in [0, 0.1) is 0 Å². The van der Waals surface area contributed by atoms with Crippen molar-refractivity contribution in [3.8, 4) is 0 Å². The maximum absolute atomic E-state index is 11.1. The van der Waals surface area contributed by atoms with Gasteiger partial charge in [0.1, 0.15) is 0 Å². The standard InChI is InChI=1S/C9H18BNO3/c1-10(13)11-6-4-3-5-8(11)7-9(12)14-2/h8,13H,3-7H2,1-2H3. The van der Waals surface area contributed by atoms with Crippen LogP contribution < -0.4 is 0 Å². The van der Waals surface area contributed by atoms with Crippen LogP contribution in [0.3, 0.4) is 0 Å². The van der Waals surface area contributed by atoms with Gasteiger partial charge in [0, 0.05) is 6.04 Å². The van der Waals surface area contributed by atoms with Crippen molar-refractivity contribution < 1.29 is 14.6 Å². The van der Waals surface area contributed by atoms with Gasteiger partial charge >= 0.3 is 13.0 Å². The molecule has 0 radical (unpaired) electrons. The number of rotatable bonds is 3. The van der Waals surface area contributed by atoms with Crippen LogP contribution in [0.5, 0.6) is 0 Å². The van der Waals surface area contributed by atoms with Crippen LogP contribution in [0.2, 0.25) is 6.82 Å². The predicted molar refractivity (Wildman–Crippen MR) is 54.8 cm³/mol. The first kappa shape index (κ1) is 11.5. The molecule has 0 spiro atoms. The van der Waals surface area contributed by atoms with Gasteiger partial charge in [-0.3, -0.25) is 4.79 Å². The van der Waals surface area contributed by atoms with Gasteiger partial charge in [-0.25, -0.2) is 0 Å². The highest BCUT2D eigenvalue weighted by Gasteiger charge is 2.29. The number of methoxy groups -OCH3 is 1. The summed E-state index contributed by atoms with van der Waals surface area (Å²) in [5.74, 6) is -0.192. The molecule has 4 nitrogen and oxygen atoms in total. The zero-order chi connectivity index (χ0) is 10.6. The number of hydrogen-bond acceptors (Lipinski definition) is 4. The lowest BCUT2D eigenvalue weighted by atomic mass is 9.79. The van der Waals surface area contributed by atoms with E-state index in [9.17, 15) is 9.82 Å². The van der Waals surface area contributed by atoms with Crippen molar-refractivity contribution in [2.24, 2.45) is 0 Å². The Labute approximate surface area is 85.4 Å². The normalized spacial score (nSPS) is 23.2. The summed E-state index contributed by atoms with van der Waals surface area (Å²) in [6.45, 7) is 2.62. The Morgan fingerprint density at radius 1 is 1.64 bits per heavy atom. The molecular formula is C9H18BNO3. The monoisotopic (exact) mass is 199 g/mol. The first-order valence-corrected chi connectivity index (χ1v) is 5.15. The molecule has 0 aromatic rings. The summed E-state index contributed by atoms with van der Waals surface area (Å²) in [7, 11) is 0.933. The Morgan fingerprint density at radius 3 is 2.93 bits per heavy atom. The lowest BCUT2D eigenvalue weighted by Gasteiger charge is -2.35. The topological polar surface area (TPSA) is 49.8 Å². The van der Waals surface area contributed by atoms with Crippen molar-refractivity contribution in [3.05, 3.63) is 0 Å². The van der Waals surface area contributed by atoms with Crippen LogP contribution in [0.1, 0.15) is 25.7 Å². The molecular weight excluding hydrogens is 181 g/mol. The van der Waals surface area contributed by atoms with Crippen LogP contribution in [0.15, 0.2) is 0 Å². The average molecular weight is 199 g/mol. The van der Waals surface area contributed by atoms with Crippen LogP contribution in [0.4, 0.5) is 0 Å². The highest BCUT2D eigenvalue weighted by atomic mass is 16.5. The van der Waals surface area contributed by atoms with Gasteiger partial charge in [0.25, 0.3) is 0 Å². The number of piperidine rings is 1. The van der Waals surface area contributed by atoms with E-state index in [0.29, 0.717) is 6.42 Å². The molecule has 0 amide bonds. The van der Waals surface area contributed by atoms with Crippen LogP contribution >= 0.6 is 0 Å². The van der Waals surface area contributed by atoms with E-state index < -0.39 is 7.05 Å². The molecule has 0 aromatic heterocycles. The van der Waals surface area contributed by atoms with E-state index in [4.69, 9.17) is 0 Å². The largest absolute Gasteiger partial charge is 0.469 e. The van der Waals surface area contributed by atoms with Crippen molar-refractivity contribution in [2.45, 2.75) is 38.5 Å². The number of carbonyl (C=O) groups excluding carboxylic acids is 1. The molecule has 1 aliphatic heterocycles. The van der Waals surface area contributed by atoms with E-state index in [-0.39, 0.29) is 12.0 Å². The molecule has 1 atom stereocenters. The van der Waals surface area contributed by atoms with Gasteiger partial charge in [0.05, 0.1) is 13.5 Å². The summed E-state index contributed by atoms with van der Waals surface area (Å²) in [5, 5.41) is 9.51. The maximum Gasteiger partial charge on any atom is 0.376 e. The average Bonchev–Trinajstić information content (AvgIpc) is 2.18. The van der Waals surface area contributed by atoms with E-state index in [2.05, 4.69) is 4.74 Å². The van der Waals surface area contributed by atoms with Crippen molar-refractivity contribution in [2.75, 3.05) is 13.7 Å². The first-order chi connectivity index (χ1) is 6.65. The van der Waals surface area contributed by atoms with Crippen LogP contribution in [-0.4, -0.2) is 42.6 Å². The van der Waals surface area contributed by atoms with Gasteiger partial charge in [-0.15, -0.1) is 0 Å². The van der Waals surface area contributed by atoms with Gasteiger partial charge in [-0.05, 0) is 26.2 Å². The molecule has 0 aliphatic carbocycles. The number of esters is 1. The van der Waals surface area contributed by atoms with Crippen molar-refractivity contribution in [1.82, 2.24) is 4.81 Å². The van der Waals surface area contributed by atoms with E-state index >= 15 is 0 Å². The van der Waals surface area contributed by atoms with Gasteiger partial charge in [-0.1, -0.05) is 6.42 Å². The molecule has 0 aromatic carbocycles. The number of hydrogen-bond donors (Lipinski definition) is 1. The summed E-state index contributed by atoms with van der Waals surface area (Å²) < 4.78 is 4.63. The molecule has 1 saturated heterocycles. The minimum absolute atomic E-state index is 0.149. The van der Waals surface area contributed by atoms with Crippen molar-refractivity contribution in [1.29, 1.82) is 0 Å². The minimum Gasteiger partial charge on any atom is -0.469 e. The number of ether oxygens (including phenoxy) is 1. The summed E-state index contributed by atoms with van der Waals surface area (Å²) in [6.07, 6.45) is 3.59. The molecule has 0 saturated carbocycles. The SMILES string of the molecule is COC(=O)CC1CCCCN1B(C)O. The van der Waals surface area contributed by atoms with Crippen molar-refractivity contribution >= 4 is 13.0 Å². The maximum atomic E-state index is 11.1. The summed E-state index contributed by atoms with van der Waals surface area (Å²) in [5.41, 5.74) is 0. The third-order valence-electron chi connectivity index (χ3n) is 2.78. The molecule has 1 rings (SSSR count). The van der Waals surface area contributed by atoms with Gasteiger partial charge in [-0.2, -0.15) is 0 Å². The Hall–Kier alpha value is -0.545. The molecule has 1 N–H and O–H groups in total. The summed E-state index contributed by atoms with van der Waals surface area (Å²) in [6, 6.07) is 0.149. The lowest BCUT2D eigenvalue weighted by molar-refractivity contribution is -0.141. The van der Waals surface area contributed by atoms with Crippen LogP contribution in [-0.2, 0) is 9.53 Å². The third kappa shape index (κ3) is 2.99. The molecule has 0 bridgehead atoms. The second kappa shape index (κ2) is 5.36. The first-order valence-electron chi connectivity index (χ1n) is 5.15. The number of nitrogens with zero attached hydrogens (tertiary/aromatic N) is 1. The van der Waals surface area contributed by atoms with E-state index in [0.717, 1.165) is 25.8 Å². The molecule has 80 valence electrons. The highest BCUT2D eigenvalue weighted by molar-refractivity contribution is 6.45. The fraction of sp³-hybridized carbons (Fsp3) is 0.889. The smallest absolute Gasteiger partial charge is 0.376 e. The molecule has 5 heteroatoms. The number of carbonyl (C=O) groups is 1. The zero-order valence-corrected chi connectivity index (χ0v) is 8.90. The quantitative estimate of drug-likeness (QED) is 0.531. The van der Waals surface area contributed by atoms with Crippen molar-refractivity contribution in [3.63, 3.8) is 0 Å². The summed E-state index contributed by atoms with van der Waals surface area (Å²) in [4.78, 5) is 13.1. The van der Waals surface area contributed by atoms with E-state index in [1.54, 1.807) is 6.82 Å². The Balaban J connectivity index is 2.49. The van der Waals surface area contributed by atoms with Crippen LogP contribution in [0.25, 0.3) is 0 Å². The third-order valence-corrected chi connectivity index (χ3v) is 2.78. The predicted octanol–water partition coefficient (Wildman–Crippen LogP) is 0.514. The zero-order valence-electron chi connectivity index (χ0n) is 8.90. The van der Waals surface area contributed by atoms with Gasteiger partial charge in [0.15, 0.2) is 0 Å². The minimum atomic E-state index is -0.468. The van der Waals surface area contributed by atoms with E-state index in [1.165, 1.54) is 7.11 Å². The Kier molecular flexibility index (Phi) is 4.42.